The zero-order chi connectivity index (χ0) is 19.9. The number of aryl methyl sites for hydroxylation is 2. The van der Waals surface area contributed by atoms with Crippen LogP contribution in [0.1, 0.15) is 49.7 Å². The summed E-state index contributed by atoms with van der Waals surface area (Å²) in [4.78, 5) is 23.7. The van der Waals surface area contributed by atoms with Crippen LogP contribution in [0, 0.1) is 13.8 Å². The maximum atomic E-state index is 12.1. The summed E-state index contributed by atoms with van der Waals surface area (Å²) in [6, 6.07) is 0.0553. The van der Waals surface area contributed by atoms with Crippen LogP contribution in [0.15, 0.2) is 4.99 Å². The SMILES string of the molecule is CN=C(NCCC(C)N(C)C(=O)OC(C)(C)C)NCc1nc(C)c(C)s1. The largest absolute Gasteiger partial charge is 0.444 e. The Kier molecular flexibility index (Phi) is 8.33. The number of ether oxygens (including phenoxy) is 1. The van der Waals surface area contributed by atoms with Gasteiger partial charge in [-0.25, -0.2) is 9.78 Å². The third-order valence-electron chi connectivity index (χ3n) is 3.90. The van der Waals surface area contributed by atoms with Gasteiger partial charge in [0.2, 0.25) is 0 Å². The van der Waals surface area contributed by atoms with Gasteiger partial charge in [-0.05, 0) is 48.0 Å². The minimum atomic E-state index is -0.484. The van der Waals surface area contributed by atoms with E-state index in [1.165, 1.54) is 4.88 Å². The molecule has 0 saturated carbocycles. The number of carbonyl (C=O) groups excluding carboxylic acids is 1. The Balaban J connectivity index is 2.38. The van der Waals surface area contributed by atoms with Crippen molar-refractivity contribution in [3.05, 3.63) is 15.6 Å². The summed E-state index contributed by atoms with van der Waals surface area (Å²) in [5.41, 5.74) is 0.593. The van der Waals surface area contributed by atoms with E-state index in [4.69, 9.17) is 4.74 Å². The molecule has 0 aliphatic rings. The smallest absolute Gasteiger partial charge is 0.410 e. The van der Waals surface area contributed by atoms with Gasteiger partial charge in [0.15, 0.2) is 5.96 Å². The lowest BCUT2D eigenvalue weighted by Crippen LogP contribution is -2.42. The highest BCUT2D eigenvalue weighted by Crippen LogP contribution is 2.16. The van der Waals surface area contributed by atoms with Crippen molar-refractivity contribution in [2.45, 2.75) is 66.2 Å². The molecule has 1 unspecified atom stereocenters. The number of nitrogens with zero attached hydrogens (tertiary/aromatic N) is 3. The topological polar surface area (TPSA) is 78.9 Å². The van der Waals surface area contributed by atoms with Crippen LogP contribution in [0.4, 0.5) is 4.79 Å². The van der Waals surface area contributed by atoms with Gasteiger partial charge in [0, 0.05) is 31.6 Å². The van der Waals surface area contributed by atoms with Crippen molar-refractivity contribution < 1.29 is 9.53 Å². The van der Waals surface area contributed by atoms with Crippen molar-refractivity contribution in [3.63, 3.8) is 0 Å². The third kappa shape index (κ3) is 7.59. The summed E-state index contributed by atoms with van der Waals surface area (Å²) >= 11 is 1.69. The van der Waals surface area contributed by atoms with Crippen molar-refractivity contribution in [2.24, 2.45) is 4.99 Å². The monoisotopic (exact) mass is 383 g/mol. The predicted molar refractivity (Wildman–Crippen MR) is 108 cm³/mol. The van der Waals surface area contributed by atoms with Crippen molar-refractivity contribution in [1.29, 1.82) is 0 Å². The first-order chi connectivity index (χ1) is 12.0. The Hall–Kier alpha value is -1.83. The van der Waals surface area contributed by atoms with Gasteiger partial charge in [-0.2, -0.15) is 0 Å². The lowest BCUT2D eigenvalue weighted by Gasteiger charge is -2.28. The van der Waals surface area contributed by atoms with Crippen LogP contribution in [-0.2, 0) is 11.3 Å². The predicted octanol–water partition coefficient (Wildman–Crippen LogP) is 3.07. The summed E-state index contributed by atoms with van der Waals surface area (Å²) in [6.45, 7) is 13.0. The van der Waals surface area contributed by atoms with Gasteiger partial charge in [0.1, 0.15) is 10.6 Å². The molecule has 26 heavy (non-hydrogen) atoms. The maximum Gasteiger partial charge on any atom is 0.410 e. The highest BCUT2D eigenvalue weighted by molar-refractivity contribution is 7.11. The highest BCUT2D eigenvalue weighted by atomic mass is 32.1. The van der Waals surface area contributed by atoms with Crippen LogP contribution in [-0.4, -0.2) is 54.2 Å². The summed E-state index contributed by atoms with van der Waals surface area (Å²) in [5, 5.41) is 7.58. The van der Waals surface area contributed by atoms with Gasteiger partial charge in [-0.15, -0.1) is 11.3 Å². The second-order valence-corrected chi connectivity index (χ2v) is 8.62. The van der Waals surface area contributed by atoms with Crippen molar-refractivity contribution in [3.8, 4) is 0 Å². The van der Waals surface area contributed by atoms with E-state index < -0.39 is 5.60 Å². The lowest BCUT2D eigenvalue weighted by molar-refractivity contribution is 0.0230. The molecule has 0 aliphatic carbocycles. The van der Waals surface area contributed by atoms with Gasteiger partial charge < -0.3 is 20.3 Å². The highest BCUT2D eigenvalue weighted by Gasteiger charge is 2.22. The number of nitrogens with one attached hydrogen (secondary N) is 2. The van der Waals surface area contributed by atoms with Gasteiger partial charge in [0.05, 0.1) is 12.2 Å². The minimum absolute atomic E-state index is 0.0553. The molecule has 1 atom stereocenters. The first-order valence-electron chi connectivity index (χ1n) is 8.86. The van der Waals surface area contributed by atoms with Gasteiger partial charge >= 0.3 is 6.09 Å². The van der Waals surface area contributed by atoms with Crippen molar-refractivity contribution >= 4 is 23.4 Å². The zero-order valence-electron chi connectivity index (χ0n) is 17.3. The standard InChI is InChI=1S/C18H33N5O2S/c1-12(23(8)17(24)25-18(4,5)6)9-10-20-16(19-7)21-11-15-22-13(2)14(3)26-15/h12H,9-11H2,1-8H3,(H2,19,20,21). The number of aliphatic imine (C=N–C) groups is 1. The van der Waals surface area contributed by atoms with Crippen LogP contribution in [0.25, 0.3) is 0 Å². The van der Waals surface area contributed by atoms with Gasteiger partial charge in [-0.1, -0.05) is 0 Å². The summed E-state index contributed by atoms with van der Waals surface area (Å²) in [6.07, 6.45) is 0.480. The average Bonchev–Trinajstić information content (AvgIpc) is 2.86. The molecule has 148 valence electrons. The fourth-order valence-corrected chi connectivity index (χ4v) is 2.98. The van der Waals surface area contributed by atoms with Crippen LogP contribution < -0.4 is 10.6 Å². The van der Waals surface area contributed by atoms with E-state index in [0.717, 1.165) is 23.1 Å². The van der Waals surface area contributed by atoms with E-state index >= 15 is 0 Å². The van der Waals surface area contributed by atoms with Crippen molar-refractivity contribution in [1.82, 2.24) is 20.5 Å². The van der Waals surface area contributed by atoms with E-state index in [1.807, 2.05) is 34.6 Å². The Bertz CT molecular complexity index is 602. The number of rotatable bonds is 6. The summed E-state index contributed by atoms with van der Waals surface area (Å²) < 4.78 is 5.39. The van der Waals surface area contributed by atoms with Crippen molar-refractivity contribution in [2.75, 3.05) is 20.6 Å². The molecular weight excluding hydrogens is 350 g/mol. The molecule has 1 rings (SSSR count). The molecule has 0 fully saturated rings. The average molecular weight is 384 g/mol. The molecule has 0 aromatic carbocycles. The van der Waals surface area contributed by atoms with Crippen LogP contribution >= 0.6 is 11.3 Å². The first kappa shape index (κ1) is 22.2. The minimum Gasteiger partial charge on any atom is -0.444 e. The number of guanidine groups is 1. The van der Waals surface area contributed by atoms with Crippen LogP contribution in [0.3, 0.4) is 0 Å². The Morgan fingerprint density at radius 2 is 2.00 bits per heavy atom. The Morgan fingerprint density at radius 3 is 2.50 bits per heavy atom. The molecule has 0 saturated heterocycles. The van der Waals surface area contributed by atoms with E-state index in [2.05, 4.69) is 27.5 Å². The molecule has 0 bridgehead atoms. The molecule has 1 aromatic rings. The second kappa shape index (κ2) is 9.75. The van der Waals surface area contributed by atoms with E-state index in [1.54, 1.807) is 30.3 Å². The molecule has 2 N–H and O–H groups in total. The molecule has 7 nitrogen and oxygen atoms in total. The summed E-state index contributed by atoms with van der Waals surface area (Å²) in [5.74, 6) is 0.725. The number of aromatic nitrogens is 1. The first-order valence-corrected chi connectivity index (χ1v) is 9.68. The fraction of sp³-hybridized carbons (Fsp3) is 0.722. The number of hydrogen-bond donors (Lipinski definition) is 2. The van der Waals surface area contributed by atoms with E-state index in [9.17, 15) is 4.79 Å². The Labute approximate surface area is 161 Å². The quantitative estimate of drug-likeness (QED) is 0.583. The van der Waals surface area contributed by atoms with E-state index in [0.29, 0.717) is 13.1 Å². The Morgan fingerprint density at radius 1 is 1.35 bits per heavy atom. The molecule has 1 heterocycles. The molecule has 0 aliphatic heterocycles. The number of hydrogen-bond acceptors (Lipinski definition) is 5. The number of thiazole rings is 1. The van der Waals surface area contributed by atoms with Gasteiger partial charge in [0.25, 0.3) is 0 Å². The van der Waals surface area contributed by atoms with E-state index in [-0.39, 0.29) is 12.1 Å². The summed E-state index contributed by atoms with van der Waals surface area (Å²) in [7, 11) is 3.50. The normalized spacial score (nSPS) is 13.3. The number of carbonyl (C=O) groups is 1. The molecule has 1 amide bonds. The lowest BCUT2D eigenvalue weighted by atomic mass is 10.2. The van der Waals surface area contributed by atoms with Gasteiger partial charge in [-0.3, -0.25) is 4.99 Å². The molecule has 0 spiro atoms. The second-order valence-electron chi connectivity index (χ2n) is 7.33. The molecule has 0 radical (unpaired) electrons. The maximum absolute atomic E-state index is 12.1. The van der Waals surface area contributed by atoms with Crippen LogP contribution in [0.2, 0.25) is 0 Å². The molecule has 1 aromatic heterocycles. The third-order valence-corrected chi connectivity index (χ3v) is 4.97. The fourth-order valence-electron chi connectivity index (χ4n) is 2.10. The van der Waals surface area contributed by atoms with Crippen LogP contribution in [0.5, 0.6) is 0 Å². The number of amides is 1. The zero-order valence-corrected chi connectivity index (χ0v) is 18.1. The molecular formula is C18H33N5O2S. The molecule has 8 heteroatoms.